The van der Waals surface area contributed by atoms with Gasteiger partial charge >= 0.3 is 0 Å². The molecule has 3 aromatic carbocycles. The van der Waals surface area contributed by atoms with Gasteiger partial charge in [-0.05, 0) is 60.0 Å². The van der Waals surface area contributed by atoms with Crippen LogP contribution in [0, 0.1) is 6.92 Å². The molecule has 0 heterocycles. The van der Waals surface area contributed by atoms with Crippen LogP contribution in [-0.4, -0.2) is 0 Å². The van der Waals surface area contributed by atoms with Crippen LogP contribution in [0.15, 0.2) is 66.7 Å². The molecule has 0 atom stereocenters. The number of para-hydroxylation sites is 1. The molecule has 21 heavy (non-hydrogen) atoms. The van der Waals surface area contributed by atoms with Crippen LogP contribution in [0.2, 0.25) is 0 Å². The average Bonchev–Trinajstić information content (AvgIpc) is 2.51. The van der Waals surface area contributed by atoms with Crippen molar-refractivity contribution in [3.05, 3.63) is 77.9 Å². The Morgan fingerprint density at radius 2 is 1.67 bits per heavy atom. The summed E-state index contributed by atoms with van der Waals surface area (Å²) in [6, 6.07) is 21.2. The van der Waals surface area contributed by atoms with E-state index >= 15 is 0 Å². The van der Waals surface area contributed by atoms with Crippen molar-refractivity contribution in [3.8, 4) is 0 Å². The lowest BCUT2D eigenvalue weighted by atomic mass is 9.99. The van der Waals surface area contributed by atoms with Gasteiger partial charge in [0, 0.05) is 11.4 Å². The first-order valence-electron chi connectivity index (χ1n) is 7.26. The largest absolute Gasteiger partial charge is 0.356 e. The van der Waals surface area contributed by atoms with Crippen molar-refractivity contribution in [2.24, 2.45) is 0 Å². The van der Waals surface area contributed by atoms with Gasteiger partial charge in [-0.1, -0.05) is 48.6 Å². The number of benzene rings is 3. The van der Waals surface area contributed by atoms with Crippen molar-refractivity contribution in [2.75, 3.05) is 5.32 Å². The number of allylic oxidation sites excluding steroid dienone is 1. The molecule has 0 aliphatic rings. The first kappa shape index (κ1) is 13.4. The highest BCUT2D eigenvalue weighted by Gasteiger charge is 2.03. The highest BCUT2D eigenvalue weighted by molar-refractivity contribution is 5.94. The molecule has 0 fully saturated rings. The van der Waals surface area contributed by atoms with Crippen LogP contribution in [0.3, 0.4) is 0 Å². The van der Waals surface area contributed by atoms with Crippen LogP contribution in [0.5, 0.6) is 0 Å². The van der Waals surface area contributed by atoms with Crippen LogP contribution in [0.4, 0.5) is 11.4 Å². The van der Waals surface area contributed by atoms with Gasteiger partial charge in [-0.3, -0.25) is 0 Å². The molecule has 104 valence electrons. The quantitative estimate of drug-likeness (QED) is 0.624. The van der Waals surface area contributed by atoms with Crippen LogP contribution in [0.1, 0.15) is 18.1 Å². The molecule has 0 amide bonds. The fourth-order valence-corrected chi connectivity index (χ4v) is 2.62. The summed E-state index contributed by atoms with van der Waals surface area (Å²) in [5, 5.41) is 6.00. The summed E-state index contributed by atoms with van der Waals surface area (Å²) in [7, 11) is 0. The van der Waals surface area contributed by atoms with E-state index in [0.717, 1.165) is 11.4 Å². The summed E-state index contributed by atoms with van der Waals surface area (Å²) in [6.07, 6.45) is 4.28. The van der Waals surface area contributed by atoms with Crippen molar-refractivity contribution in [1.82, 2.24) is 0 Å². The third kappa shape index (κ3) is 2.82. The third-order valence-electron chi connectivity index (χ3n) is 3.68. The highest BCUT2D eigenvalue weighted by Crippen LogP contribution is 2.27. The van der Waals surface area contributed by atoms with Crippen LogP contribution in [-0.2, 0) is 0 Å². The van der Waals surface area contributed by atoms with Crippen LogP contribution in [0.25, 0.3) is 16.8 Å². The number of rotatable bonds is 3. The molecule has 0 radical (unpaired) electrons. The highest BCUT2D eigenvalue weighted by atomic mass is 14.9. The van der Waals surface area contributed by atoms with Gasteiger partial charge in [-0.2, -0.15) is 0 Å². The van der Waals surface area contributed by atoms with E-state index in [1.54, 1.807) is 0 Å². The van der Waals surface area contributed by atoms with E-state index in [1.165, 1.54) is 21.9 Å². The second-order valence-electron chi connectivity index (χ2n) is 5.22. The van der Waals surface area contributed by atoms with E-state index in [0.29, 0.717) is 0 Å². The van der Waals surface area contributed by atoms with E-state index in [4.69, 9.17) is 0 Å². The zero-order valence-electron chi connectivity index (χ0n) is 12.4. The van der Waals surface area contributed by atoms with Crippen LogP contribution < -0.4 is 5.32 Å². The van der Waals surface area contributed by atoms with Crippen molar-refractivity contribution >= 4 is 28.2 Å². The van der Waals surface area contributed by atoms with Crippen molar-refractivity contribution in [3.63, 3.8) is 0 Å². The summed E-state index contributed by atoms with van der Waals surface area (Å²) in [5.41, 5.74) is 4.84. The maximum absolute atomic E-state index is 3.44. The second-order valence-corrected chi connectivity index (χ2v) is 5.22. The van der Waals surface area contributed by atoms with Crippen molar-refractivity contribution < 1.29 is 0 Å². The summed E-state index contributed by atoms with van der Waals surface area (Å²) >= 11 is 0. The summed E-state index contributed by atoms with van der Waals surface area (Å²) < 4.78 is 0. The summed E-state index contributed by atoms with van der Waals surface area (Å²) in [5.74, 6) is 0. The maximum Gasteiger partial charge on any atom is 0.0390 e. The number of nitrogens with one attached hydrogen (secondary N) is 1. The zero-order valence-corrected chi connectivity index (χ0v) is 12.4. The fraction of sp³-hybridized carbons (Fsp3) is 0.100. The number of fused-ring (bicyclic) bond motifs is 1. The molecular weight excluding hydrogens is 254 g/mol. The summed E-state index contributed by atoms with van der Waals surface area (Å²) in [6.45, 7) is 4.22. The molecule has 0 saturated carbocycles. The number of anilines is 2. The van der Waals surface area contributed by atoms with Gasteiger partial charge in [0.25, 0.3) is 0 Å². The molecule has 0 aromatic heterocycles. The Bertz CT molecular complexity index is 786. The lowest BCUT2D eigenvalue weighted by molar-refractivity contribution is 1.47. The molecule has 0 unspecified atom stereocenters. The monoisotopic (exact) mass is 273 g/mol. The fourth-order valence-electron chi connectivity index (χ4n) is 2.62. The van der Waals surface area contributed by atoms with Crippen LogP contribution >= 0.6 is 0 Å². The molecule has 1 nitrogen and oxygen atoms in total. The van der Waals surface area contributed by atoms with Gasteiger partial charge in [-0.15, -0.1) is 0 Å². The number of hydrogen-bond acceptors (Lipinski definition) is 1. The van der Waals surface area contributed by atoms with E-state index in [2.05, 4.69) is 73.8 Å². The minimum Gasteiger partial charge on any atom is -0.356 e. The Kier molecular flexibility index (Phi) is 3.74. The van der Waals surface area contributed by atoms with Gasteiger partial charge in [0.05, 0.1) is 0 Å². The minimum absolute atomic E-state index is 1.11. The molecule has 3 rings (SSSR count). The lowest BCUT2D eigenvalue weighted by Gasteiger charge is -2.10. The summed E-state index contributed by atoms with van der Waals surface area (Å²) in [4.78, 5) is 0. The number of aryl methyl sites for hydroxylation is 1. The van der Waals surface area contributed by atoms with Crippen molar-refractivity contribution in [1.29, 1.82) is 0 Å². The standard InChI is InChI=1S/C20H19N/c1-3-7-19-15(2)10-11-16-14-18(12-13-20(16)19)21-17-8-5-4-6-9-17/h3-14,21H,1-2H3/b7-3-. The molecule has 0 aliphatic heterocycles. The van der Waals surface area contributed by atoms with E-state index < -0.39 is 0 Å². The minimum atomic E-state index is 1.11. The SMILES string of the molecule is C/C=C\c1c(C)ccc2cc(Nc3ccccc3)ccc12. The molecule has 3 aromatic rings. The Labute approximate surface area is 125 Å². The smallest absolute Gasteiger partial charge is 0.0390 e. The first-order valence-corrected chi connectivity index (χ1v) is 7.26. The van der Waals surface area contributed by atoms with Gasteiger partial charge in [0.1, 0.15) is 0 Å². The molecule has 1 heteroatoms. The predicted molar refractivity (Wildman–Crippen MR) is 93.1 cm³/mol. The van der Waals surface area contributed by atoms with Gasteiger partial charge in [0.15, 0.2) is 0 Å². The molecular formula is C20H19N. The number of hydrogen-bond donors (Lipinski definition) is 1. The maximum atomic E-state index is 3.44. The predicted octanol–water partition coefficient (Wildman–Crippen LogP) is 5.92. The Morgan fingerprint density at radius 1 is 0.857 bits per heavy atom. The lowest BCUT2D eigenvalue weighted by Crippen LogP contribution is -1.91. The Balaban J connectivity index is 2.03. The normalized spacial score (nSPS) is 11.1. The third-order valence-corrected chi connectivity index (χ3v) is 3.68. The molecule has 0 aliphatic carbocycles. The molecule has 0 spiro atoms. The van der Waals surface area contributed by atoms with Gasteiger partial charge in [-0.25, -0.2) is 0 Å². The van der Waals surface area contributed by atoms with Gasteiger partial charge < -0.3 is 5.32 Å². The second kappa shape index (κ2) is 5.84. The van der Waals surface area contributed by atoms with Crippen molar-refractivity contribution in [2.45, 2.75) is 13.8 Å². The molecule has 0 saturated heterocycles. The zero-order chi connectivity index (χ0) is 14.7. The van der Waals surface area contributed by atoms with E-state index in [9.17, 15) is 0 Å². The van der Waals surface area contributed by atoms with Gasteiger partial charge in [0.2, 0.25) is 0 Å². The molecule has 0 bridgehead atoms. The first-order chi connectivity index (χ1) is 10.3. The Hall–Kier alpha value is -2.54. The van der Waals surface area contributed by atoms with E-state index in [1.807, 2.05) is 18.2 Å². The Morgan fingerprint density at radius 3 is 2.43 bits per heavy atom. The van der Waals surface area contributed by atoms with E-state index in [-0.39, 0.29) is 0 Å². The average molecular weight is 273 g/mol. The topological polar surface area (TPSA) is 12.0 Å². The molecule has 1 N–H and O–H groups in total.